The van der Waals surface area contributed by atoms with Gasteiger partial charge < -0.3 is 15.0 Å². The highest BCUT2D eigenvalue weighted by Gasteiger charge is 2.36. The molecule has 0 spiro atoms. The van der Waals surface area contributed by atoms with Crippen LogP contribution >= 0.6 is 0 Å². The number of nitrogens with zero attached hydrogens (tertiary/aromatic N) is 1. The van der Waals surface area contributed by atoms with Crippen LogP contribution < -0.4 is 20.9 Å². The van der Waals surface area contributed by atoms with Crippen molar-refractivity contribution in [3.8, 4) is 5.75 Å². The van der Waals surface area contributed by atoms with Crippen molar-refractivity contribution >= 4 is 5.91 Å². The second-order valence-electron chi connectivity index (χ2n) is 9.00. The lowest BCUT2D eigenvalue weighted by atomic mass is 9.83. The lowest BCUT2D eigenvalue weighted by Crippen LogP contribution is -2.51. The van der Waals surface area contributed by atoms with Crippen LogP contribution in [0.15, 0.2) is 24.3 Å². The van der Waals surface area contributed by atoms with Gasteiger partial charge in [-0.15, -0.1) is 0 Å². The molecule has 0 aromatic heterocycles. The van der Waals surface area contributed by atoms with Gasteiger partial charge in [0.25, 0.3) is 0 Å². The number of carbonyl (C=O) groups excluding carboxylic acids is 1. The fourth-order valence-electron chi connectivity index (χ4n) is 5.51. The molecule has 0 saturated carbocycles. The molecule has 6 heteroatoms. The first-order valence-electron chi connectivity index (χ1n) is 11.3. The Morgan fingerprint density at radius 1 is 1.14 bits per heavy atom. The Morgan fingerprint density at radius 2 is 1.93 bits per heavy atom. The number of methoxy groups -OCH3 is 1. The third kappa shape index (κ3) is 4.76. The van der Waals surface area contributed by atoms with E-state index in [1.54, 1.807) is 7.11 Å². The third-order valence-corrected chi connectivity index (χ3v) is 7.22. The quantitative estimate of drug-likeness (QED) is 0.685. The predicted octanol–water partition coefficient (Wildman–Crippen LogP) is 2.62. The molecule has 3 fully saturated rings. The Kier molecular flexibility index (Phi) is 6.73. The first kappa shape index (κ1) is 20.6. The summed E-state index contributed by atoms with van der Waals surface area (Å²) in [5, 5.41) is 3.28. The number of carbonyl (C=O) groups is 1. The van der Waals surface area contributed by atoms with Crippen LogP contribution in [0.3, 0.4) is 0 Å². The minimum atomic E-state index is 0.130. The summed E-state index contributed by atoms with van der Waals surface area (Å²) in [6, 6.07) is 9.19. The van der Waals surface area contributed by atoms with E-state index in [-0.39, 0.29) is 23.9 Å². The average molecular weight is 401 g/mol. The van der Waals surface area contributed by atoms with Crippen LogP contribution in [-0.2, 0) is 4.79 Å². The summed E-state index contributed by atoms with van der Waals surface area (Å²) < 4.78 is 5.27. The van der Waals surface area contributed by atoms with Crippen molar-refractivity contribution in [2.24, 2.45) is 11.8 Å². The van der Waals surface area contributed by atoms with Crippen LogP contribution in [0.1, 0.15) is 57.1 Å². The number of hydrogen-bond donors (Lipinski definition) is 3. The number of piperidine rings is 2. The summed E-state index contributed by atoms with van der Waals surface area (Å²) in [7, 11) is 1.68. The molecule has 0 bridgehead atoms. The van der Waals surface area contributed by atoms with E-state index in [2.05, 4.69) is 40.1 Å². The summed E-state index contributed by atoms with van der Waals surface area (Å²) in [5.41, 5.74) is 7.89. The van der Waals surface area contributed by atoms with Gasteiger partial charge in [0, 0.05) is 31.0 Å². The molecule has 5 atom stereocenters. The highest BCUT2D eigenvalue weighted by Crippen LogP contribution is 2.33. The number of hydrogen-bond acceptors (Lipinski definition) is 5. The molecule has 3 heterocycles. The zero-order valence-corrected chi connectivity index (χ0v) is 17.8. The molecule has 0 radical (unpaired) electrons. The van der Waals surface area contributed by atoms with Gasteiger partial charge in [0.1, 0.15) is 5.75 Å². The van der Waals surface area contributed by atoms with Gasteiger partial charge in [0.2, 0.25) is 5.91 Å². The standard InChI is InChI=1S/C23H36N4O2/c1-16-20(23(26-25-16)17-8-10-19(29-2)11-9-17)14-22(28)24-15-18-6-5-13-27-12-4-3-7-21(18)27/h8-11,16,18,20-21,23,25-26H,3-7,12-15H2,1-2H3,(H,24,28). The largest absolute Gasteiger partial charge is 0.497 e. The summed E-state index contributed by atoms with van der Waals surface area (Å²) >= 11 is 0. The maximum atomic E-state index is 12.8. The SMILES string of the molecule is COc1ccc(C2NNC(C)C2CC(=O)NCC2CCCN3CCCCC23)cc1. The Morgan fingerprint density at radius 3 is 2.72 bits per heavy atom. The zero-order valence-electron chi connectivity index (χ0n) is 17.8. The number of nitrogens with one attached hydrogen (secondary N) is 3. The molecule has 3 saturated heterocycles. The first-order chi connectivity index (χ1) is 14.2. The molecule has 0 aliphatic carbocycles. The summed E-state index contributed by atoms with van der Waals surface area (Å²) in [5.74, 6) is 1.87. The number of ether oxygens (including phenoxy) is 1. The zero-order chi connectivity index (χ0) is 20.2. The molecule has 3 aliphatic rings. The Balaban J connectivity index is 1.32. The highest BCUT2D eigenvalue weighted by molar-refractivity contribution is 5.76. The minimum absolute atomic E-state index is 0.130. The van der Waals surface area contributed by atoms with Crippen LogP contribution in [0.2, 0.25) is 0 Å². The Bertz CT molecular complexity index is 678. The predicted molar refractivity (Wildman–Crippen MR) is 115 cm³/mol. The number of benzene rings is 1. The van der Waals surface area contributed by atoms with Gasteiger partial charge in [-0.3, -0.25) is 10.2 Å². The van der Waals surface area contributed by atoms with Crippen LogP contribution in [0, 0.1) is 11.8 Å². The van der Waals surface area contributed by atoms with Crippen molar-refractivity contribution in [1.29, 1.82) is 0 Å². The average Bonchev–Trinajstić information content (AvgIpc) is 3.12. The van der Waals surface area contributed by atoms with E-state index in [0.29, 0.717) is 18.4 Å². The molecular weight excluding hydrogens is 364 g/mol. The Labute approximate surface area is 174 Å². The monoisotopic (exact) mass is 400 g/mol. The number of hydrazine groups is 1. The highest BCUT2D eigenvalue weighted by atomic mass is 16.5. The fourth-order valence-corrected chi connectivity index (χ4v) is 5.51. The summed E-state index contributed by atoms with van der Waals surface area (Å²) in [6.45, 7) is 5.47. The van der Waals surface area contributed by atoms with Gasteiger partial charge in [-0.1, -0.05) is 18.6 Å². The van der Waals surface area contributed by atoms with E-state index >= 15 is 0 Å². The van der Waals surface area contributed by atoms with Crippen molar-refractivity contribution in [2.75, 3.05) is 26.7 Å². The molecular formula is C23H36N4O2. The number of fused-ring (bicyclic) bond motifs is 1. The number of amides is 1. The van der Waals surface area contributed by atoms with Crippen molar-refractivity contribution in [1.82, 2.24) is 21.1 Å². The molecule has 5 unspecified atom stereocenters. The molecule has 1 aromatic carbocycles. The van der Waals surface area contributed by atoms with Gasteiger partial charge >= 0.3 is 0 Å². The molecule has 1 aromatic rings. The van der Waals surface area contributed by atoms with Gasteiger partial charge in [-0.2, -0.15) is 0 Å². The van der Waals surface area contributed by atoms with Gasteiger partial charge in [0.05, 0.1) is 13.2 Å². The molecule has 3 N–H and O–H groups in total. The van der Waals surface area contributed by atoms with Crippen molar-refractivity contribution in [3.05, 3.63) is 29.8 Å². The van der Waals surface area contributed by atoms with Gasteiger partial charge in [-0.05, 0) is 69.3 Å². The molecule has 29 heavy (non-hydrogen) atoms. The summed E-state index contributed by atoms with van der Waals surface area (Å²) in [6.07, 6.45) is 7.03. The van der Waals surface area contributed by atoms with E-state index in [9.17, 15) is 4.79 Å². The lowest BCUT2D eigenvalue weighted by Gasteiger charge is -2.44. The van der Waals surface area contributed by atoms with Gasteiger partial charge in [0.15, 0.2) is 0 Å². The van der Waals surface area contributed by atoms with Crippen LogP contribution in [0.25, 0.3) is 0 Å². The van der Waals surface area contributed by atoms with E-state index in [0.717, 1.165) is 12.3 Å². The summed E-state index contributed by atoms with van der Waals surface area (Å²) in [4.78, 5) is 15.5. The fraction of sp³-hybridized carbons (Fsp3) is 0.696. The van der Waals surface area contributed by atoms with E-state index in [1.165, 1.54) is 50.8 Å². The smallest absolute Gasteiger partial charge is 0.220 e. The van der Waals surface area contributed by atoms with E-state index < -0.39 is 0 Å². The van der Waals surface area contributed by atoms with E-state index in [1.807, 2.05) is 12.1 Å². The molecule has 3 aliphatic heterocycles. The van der Waals surface area contributed by atoms with Crippen molar-refractivity contribution < 1.29 is 9.53 Å². The van der Waals surface area contributed by atoms with Gasteiger partial charge in [-0.25, -0.2) is 5.43 Å². The Hall–Kier alpha value is -1.63. The molecule has 4 rings (SSSR count). The van der Waals surface area contributed by atoms with Crippen LogP contribution in [-0.4, -0.2) is 49.6 Å². The van der Waals surface area contributed by atoms with Crippen LogP contribution in [0.4, 0.5) is 0 Å². The van der Waals surface area contributed by atoms with E-state index in [4.69, 9.17) is 4.74 Å². The minimum Gasteiger partial charge on any atom is -0.497 e. The number of rotatable bonds is 6. The normalized spacial score (nSPS) is 32.6. The maximum absolute atomic E-state index is 12.8. The molecule has 1 amide bonds. The maximum Gasteiger partial charge on any atom is 0.220 e. The third-order valence-electron chi connectivity index (χ3n) is 7.22. The molecule has 160 valence electrons. The molecule has 6 nitrogen and oxygen atoms in total. The first-order valence-corrected chi connectivity index (χ1v) is 11.3. The van der Waals surface area contributed by atoms with Crippen molar-refractivity contribution in [3.63, 3.8) is 0 Å². The van der Waals surface area contributed by atoms with Crippen LogP contribution in [0.5, 0.6) is 5.75 Å². The lowest BCUT2D eigenvalue weighted by molar-refractivity contribution is -0.122. The second-order valence-corrected chi connectivity index (χ2v) is 9.00. The second kappa shape index (κ2) is 9.45. The van der Waals surface area contributed by atoms with Crippen molar-refractivity contribution in [2.45, 2.75) is 63.6 Å². The topological polar surface area (TPSA) is 65.6 Å².